The number of nitro groups is 1. The van der Waals surface area contributed by atoms with Crippen LogP contribution < -0.4 is 4.90 Å². The Bertz CT molecular complexity index is 431. The molecule has 1 aliphatic heterocycles. The summed E-state index contributed by atoms with van der Waals surface area (Å²) in [5.41, 5.74) is -0.00128. The molecule has 92 valence electrons. The van der Waals surface area contributed by atoms with Gasteiger partial charge in [-0.25, -0.2) is 4.98 Å². The maximum Gasteiger partial charge on any atom is 0.276 e. The average molecular weight is 256 g/mol. The van der Waals surface area contributed by atoms with Gasteiger partial charge in [-0.2, -0.15) is 0 Å². The molecule has 0 N–H and O–H groups in total. The summed E-state index contributed by atoms with van der Waals surface area (Å²) in [6.07, 6.45) is 2.17. The van der Waals surface area contributed by atoms with E-state index in [9.17, 15) is 10.1 Å². The Morgan fingerprint density at radius 2 is 2.12 bits per heavy atom. The Labute approximate surface area is 105 Å². The van der Waals surface area contributed by atoms with Crippen LogP contribution in [0, 0.1) is 16.0 Å². The van der Waals surface area contributed by atoms with Gasteiger partial charge in [0.1, 0.15) is 11.0 Å². The van der Waals surface area contributed by atoms with Crippen LogP contribution in [0.1, 0.15) is 19.8 Å². The predicted octanol–water partition coefficient (Wildman–Crippen LogP) is 2.88. The van der Waals surface area contributed by atoms with Crippen LogP contribution in [0.3, 0.4) is 0 Å². The van der Waals surface area contributed by atoms with Crippen molar-refractivity contribution in [1.29, 1.82) is 0 Å². The van der Waals surface area contributed by atoms with E-state index in [1.54, 1.807) is 0 Å². The van der Waals surface area contributed by atoms with Gasteiger partial charge in [0.15, 0.2) is 0 Å². The van der Waals surface area contributed by atoms with Crippen molar-refractivity contribution >= 4 is 23.1 Å². The molecule has 0 bridgehead atoms. The minimum atomic E-state index is -0.441. The molecule has 0 spiro atoms. The number of pyridine rings is 1. The predicted molar refractivity (Wildman–Crippen MR) is 66.5 cm³/mol. The third-order valence-electron chi connectivity index (χ3n) is 3.08. The standard InChI is InChI=1S/C11H14ClN3O2/c1-8-2-4-14(5-3-8)11-7-9(15(16)17)6-10(12)13-11/h6-8H,2-5H2,1H3. The SMILES string of the molecule is CC1CCN(c2cc([N+](=O)[O-])cc(Cl)n2)CC1. The van der Waals surface area contributed by atoms with Crippen LogP contribution in [0.5, 0.6) is 0 Å². The van der Waals surface area contributed by atoms with Crippen LogP contribution in [-0.4, -0.2) is 23.0 Å². The Kier molecular flexibility index (Phi) is 3.47. The Morgan fingerprint density at radius 1 is 1.47 bits per heavy atom. The highest BCUT2D eigenvalue weighted by Gasteiger charge is 2.19. The van der Waals surface area contributed by atoms with E-state index in [0.717, 1.165) is 25.9 Å². The first-order valence-electron chi connectivity index (χ1n) is 5.63. The molecule has 2 heterocycles. The van der Waals surface area contributed by atoms with Crippen LogP contribution in [-0.2, 0) is 0 Å². The smallest absolute Gasteiger partial charge is 0.276 e. The largest absolute Gasteiger partial charge is 0.356 e. The lowest BCUT2D eigenvalue weighted by atomic mass is 9.99. The molecule has 5 nitrogen and oxygen atoms in total. The number of piperidine rings is 1. The summed E-state index contributed by atoms with van der Waals surface area (Å²) in [7, 11) is 0. The van der Waals surface area contributed by atoms with Gasteiger partial charge in [-0.1, -0.05) is 18.5 Å². The van der Waals surface area contributed by atoms with Gasteiger partial charge < -0.3 is 4.90 Å². The summed E-state index contributed by atoms with van der Waals surface area (Å²) in [6.45, 7) is 3.97. The Balaban J connectivity index is 2.23. The van der Waals surface area contributed by atoms with Crippen LogP contribution in [0.15, 0.2) is 12.1 Å². The van der Waals surface area contributed by atoms with E-state index in [-0.39, 0.29) is 10.8 Å². The number of rotatable bonds is 2. The molecule has 0 unspecified atom stereocenters. The molecule has 0 aromatic carbocycles. The molecule has 0 saturated carbocycles. The van der Waals surface area contributed by atoms with Crippen LogP contribution in [0.4, 0.5) is 11.5 Å². The third-order valence-corrected chi connectivity index (χ3v) is 3.28. The molecule has 1 aromatic heterocycles. The fourth-order valence-corrected chi connectivity index (χ4v) is 2.17. The highest BCUT2D eigenvalue weighted by molar-refractivity contribution is 6.29. The van der Waals surface area contributed by atoms with Crippen molar-refractivity contribution in [2.75, 3.05) is 18.0 Å². The molecule has 1 saturated heterocycles. The first-order valence-corrected chi connectivity index (χ1v) is 6.01. The quantitative estimate of drug-likeness (QED) is 0.463. The van der Waals surface area contributed by atoms with Gasteiger partial charge in [0.05, 0.1) is 17.1 Å². The Hall–Kier alpha value is -1.36. The zero-order chi connectivity index (χ0) is 12.4. The minimum Gasteiger partial charge on any atom is -0.356 e. The fourth-order valence-electron chi connectivity index (χ4n) is 1.98. The van der Waals surface area contributed by atoms with Gasteiger partial charge in [0.25, 0.3) is 5.69 Å². The molecule has 6 heteroatoms. The van der Waals surface area contributed by atoms with E-state index < -0.39 is 4.92 Å². The van der Waals surface area contributed by atoms with E-state index in [2.05, 4.69) is 16.8 Å². The van der Waals surface area contributed by atoms with Crippen LogP contribution in [0.2, 0.25) is 5.15 Å². The van der Waals surface area contributed by atoms with Gasteiger partial charge in [0.2, 0.25) is 0 Å². The lowest BCUT2D eigenvalue weighted by molar-refractivity contribution is -0.384. The second-order valence-corrected chi connectivity index (χ2v) is 4.82. The van der Waals surface area contributed by atoms with Crippen molar-refractivity contribution in [1.82, 2.24) is 4.98 Å². The minimum absolute atomic E-state index is 0.00128. The molecular weight excluding hydrogens is 242 g/mol. The van der Waals surface area contributed by atoms with Crippen molar-refractivity contribution in [2.45, 2.75) is 19.8 Å². The highest BCUT2D eigenvalue weighted by Crippen LogP contribution is 2.26. The van der Waals surface area contributed by atoms with Crippen molar-refractivity contribution in [3.63, 3.8) is 0 Å². The third kappa shape index (κ3) is 2.85. The van der Waals surface area contributed by atoms with Gasteiger partial charge in [-0.15, -0.1) is 0 Å². The van der Waals surface area contributed by atoms with Gasteiger partial charge >= 0.3 is 0 Å². The number of anilines is 1. The number of aromatic nitrogens is 1. The molecule has 0 aliphatic carbocycles. The maximum absolute atomic E-state index is 10.7. The van der Waals surface area contributed by atoms with Gasteiger partial charge in [-0.05, 0) is 18.8 Å². The van der Waals surface area contributed by atoms with Crippen LogP contribution in [0.25, 0.3) is 0 Å². The normalized spacial score (nSPS) is 17.2. The number of halogens is 1. The maximum atomic E-state index is 10.7. The summed E-state index contributed by atoms with van der Waals surface area (Å²) in [4.78, 5) is 16.5. The first-order chi connectivity index (χ1) is 8.06. The van der Waals surface area contributed by atoms with Crippen molar-refractivity contribution < 1.29 is 4.92 Å². The molecule has 1 fully saturated rings. The second-order valence-electron chi connectivity index (χ2n) is 4.43. The zero-order valence-corrected chi connectivity index (χ0v) is 10.4. The van der Waals surface area contributed by atoms with Crippen molar-refractivity contribution in [2.24, 2.45) is 5.92 Å². The first kappa shape index (κ1) is 12.1. The summed E-state index contributed by atoms with van der Waals surface area (Å²) >= 11 is 5.80. The zero-order valence-electron chi connectivity index (χ0n) is 9.60. The summed E-state index contributed by atoms with van der Waals surface area (Å²) in [6, 6.07) is 2.76. The van der Waals surface area contributed by atoms with Gasteiger partial charge in [0, 0.05) is 13.1 Å². The Morgan fingerprint density at radius 3 is 2.71 bits per heavy atom. The molecule has 1 aromatic rings. The van der Waals surface area contributed by atoms with E-state index in [0.29, 0.717) is 11.7 Å². The van der Waals surface area contributed by atoms with E-state index in [1.807, 2.05) is 0 Å². The van der Waals surface area contributed by atoms with Gasteiger partial charge in [-0.3, -0.25) is 10.1 Å². The van der Waals surface area contributed by atoms with E-state index in [4.69, 9.17) is 11.6 Å². The topological polar surface area (TPSA) is 59.3 Å². The summed E-state index contributed by atoms with van der Waals surface area (Å²) in [5, 5.41) is 10.9. The van der Waals surface area contributed by atoms with Crippen molar-refractivity contribution in [3.05, 3.63) is 27.4 Å². The molecule has 0 radical (unpaired) electrons. The van der Waals surface area contributed by atoms with E-state index in [1.165, 1.54) is 12.1 Å². The molecule has 1 aliphatic rings. The van der Waals surface area contributed by atoms with Crippen LogP contribution >= 0.6 is 11.6 Å². The summed E-state index contributed by atoms with van der Waals surface area (Å²) < 4.78 is 0. The molecular formula is C11H14ClN3O2. The molecule has 2 rings (SSSR count). The monoisotopic (exact) mass is 255 g/mol. The second kappa shape index (κ2) is 4.87. The fraction of sp³-hybridized carbons (Fsp3) is 0.545. The average Bonchev–Trinajstić information content (AvgIpc) is 2.29. The molecule has 0 amide bonds. The number of nitrogens with zero attached hydrogens (tertiary/aromatic N) is 3. The lowest BCUT2D eigenvalue weighted by Crippen LogP contribution is -2.33. The molecule has 0 atom stereocenters. The highest BCUT2D eigenvalue weighted by atomic mass is 35.5. The lowest BCUT2D eigenvalue weighted by Gasteiger charge is -2.31. The number of hydrogen-bond acceptors (Lipinski definition) is 4. The van der Waals surface area contributed by atoms with Crippen molar-refractivity contribution in [3.8, 4) is 0 Å². The summed E-state index contributed by atoms with van der Waals surface area (Å²) in [5.74, 6) is 1.32. The van der Waals surface area contributed by atoms with E-state index >= 15 is 0 Å². The number of hydrogen-bond donors (Lipinski definition) is 0. The molecule has 17 heavy (non-hydrogen) atoms.